The second-order valence-electron chi connectivity index (χ2n) is 7.39. The lowest BCUT2D eigenvalue weighted by molar-refractivity contribution is -0.123. The molecule has 0 atom stereocenters. The number of likely N-dealkylation sites (N-methyl/N-ethyl adjacent to an activating group) is 1. The monoisotopic (exact) mass is 379 g/mol. The number of carbonyl (C=O) groups is 2. The number of amides is 2. The molecule has 0 aliphatic carbocycles. The highest BCUT2D eigenvalue weighted by atomic mass is 16.2. The van der Waals surface area contributed by atoms with E-state index >= 15 is 0 Å². The van der Waals surface area contributed by atoms with Crippen molar-refractivity contribution in [2.45, 2.75) is 31.7 Å². The molecular formula is C23H29N3O2. The van der Waals surface area contributed by atoms with Crippen molar-refractivity contribution in [2.75, 3.05) is 31.6 Å². The van der Waals surface area contributed by atoms with Crippen molar-refractivity contribution in [3.63, 3.8) is 0 Å². The Morgan fingerprint density at radius 1 is 1.00 bits per heavy atom. The van der Waals surface area contributed by atoms with Crippen LogP contribution in [0.1, 0.15) is 24.8 Å². The Morgan fingerprint density at radius 3 is 2.25 bits per heavy atom. The maximum absolute atomic E-state index is 12.5. The van der Waals surface area contributed by atoms with E-state index in [1.54, 1.807) is 4.90 Å². The Bertz CT molecular complexity index is 756. The fourth-order valence-corrected chi connectivity index (χ4v) is 3.53. The summed E-state index contributed by atoms with van der Waals surface area (Å²) in [6.07, 6.45) is 3.06. The summed E-state index contributed by atoms with van der Waals surface area (Å²) in [5, 5.41) is 3.15. The van der Waals surface area contributed by atoms with Gasteiger partial charge in [-0.3, -0.25) is 14.5 Å². The zero-order chi connectivity index (χ0) is 19.8. The smallest absolute Gasteiger partial charge is 0.240 e. The topological polar surface area (TPSA) is 52.7 Å². The Kier molecular flexibility index (Phi) is 7.20. The summed E-state index contributed by atoms with van der Waals surface area (Å²) < 4.78 is 0. The van der Waals surface area contributed by atoms with Crippen LogP contribution in [0, 0.1) is 0 Å². The molecule has 3 rings (SSSR count). The van der Waals surface area contributed by atoms with Gasteiger partial charge in [0.15, 0.2) is 0 Å². The minimum absolute atomic E-state index is 0.0940. The van der Waals surface area contributed by atoms with Crippen LogP contribution in [0.4, 0.5) is 5.69 Å². The number of likely N-dealkylation sites (tertiary alicyclic amines) is 1. The number of hydrogen-bond acceptors (Lipinski definition) is 3. The fraction of sp³-hybridized carbons (Fsp3) is 0.391. The molecule has 5 nitrogen and oxygen atoms in total. The summed E-state index contributed by atoms with van der Waals surface area (Å²) in [6.45, 7) is 2.08. The van der Waals surface area contributed by atoms with E-state index in [1.165, 1.54) is 5.56 Å². The van der Waals surface area contributed by atoms with Gasteiger partial charge >= 0.3 is 0 Å². The molecule has 1 fully saturated rings. The van der Waals surface area contributed by atoms with Crippen molar-refractivity contribution in [3.8, 4) is 0 Å². The average molecular weight is 380 g/mol. The van der Waals surface area contributed by atoms with E-state index in [9.17, 15) is 9.59 Å². The van der Waals surface area contributed by atoms with Crippen LogP contribution < -0.4 is 10.2 Å². The van der Waals surface area contributed by atoms with Crippen molar-refractivity contribution in [3.05, 3.63) is 66.2 Å². The highest BCUT2D eigenvalue weighted by Crippen LogP contribution is 2.14. The predicted molar refractivity (Wildman–Crippen MR) is 112 cm³/mol. The summed E-state index contributed by atoms with van der Waals surface area (Å²) in [4.78, 5) is 28.6. The van der Waals surface area contributed by atoms with Gasteiger partial charge < -0.3 is 10.2 Å². The Balaban J connectivity index is 1.37. The van der Waals surface area contributed by atoms with Gasteiger partial charge in [-0.25, -0.2) is 0 Å². The summed E-state index contributed by atoms with van der Waals surface area (Å²) in [5.74, 6) is 0.207. The summed E-state index contributed by atoms with van der Waals surface area (Å²) in [5.41, 5.74) is 2.10. The van der Waals surface area contributed by atoms with E-state index in [0.717, 1.165) is 38.0 Å². The van der Waals surface area contributed by atoms with E-state index < -0.39 is 0 Å². The number of hydrogen-bond donors (Lipinski definition) is 1. The first kappa shape index (κ1) is 20.1. The van der Waals surface area contributed by atoms with Gasteiger partial charge in [-0.15, -0.1) is 0 Å². The summed E-state index contributed by atoms with van der Waals surface area (Å²) in [7, 11) is 1.82. The minimum atomic E-state index is 0.0940. The molecule has 1 heterocycles. The number of nitrogens with zero attached hydrogens (tertiary/aromatic N) is 2. The lowest BCUT2D eigenvalue weighted by atomic mass is 10.0. The van der Waals surface area contributed by atoms with Crippen LogP contribution in [0.15, 0.2) is 60.7 Å². The van der Waals surface area contributed by atoms with Crippen LogP contribution in [-0.4, -0.2) is 49.4 Å². The third-order valence-corrected chi connectivity index (χ3v) is 5.31. The second kappa shape index (κ2) is 10.0. The van der Waals surface area contributed by atoms with Crippen LogP contribution in [-0.2, 0) is 16.0 Å². The Morgan fingerprint density at radius 2 is 1.61 bits per heavy atom. The number of para-hydroxylation sites is 1. The first-order chi connectivity index (χ1) is 13.6. The molecule has 5 heteroatoms. The predicted octanol–water partition coefficient (Wildman–Crippen LogP) is 2.86. The average Bonchev–Trinajstić information content (AvgIpc) is 2.74. The largest absolute Gasteiger partial charge is 0.353 e. The quantitative estimate of drug-likeness (QED) is 0.805. The third-order valence-electron chi connectivity index (χ3n) is 5.31. The number of piperidine rings is 1. The Hall–Kier alpha value is -2.66. The van der Waals surface area contributed by atoms with Crippen molar-refractivity contribution in [1.82, 2.24) is 10.2 Å². The van der Waals surface area contributed by atoms with E-state index in [0.29, 0.717) is 13.0 Å². The minimum Gasteiger partial charge on any atom is -0.353 e. The van der Waals surface area contributed by atoms with Gasteiger partial charge in [0.2, 0.25) is 11.8 Å². The van der Waals surface area contributed by atoms with Gasteiger partial charge in [-0.05, 0) is 37.0 Å². The standard InChI is InChI=1S/C23H29N3O2/c1-25(21-10-6-3-7-11-21)23(28)18-26-16-14-20(15-17-26)24-22(27)13-12-19-8-4-2-5-9-19/h2-11,20H,12-18H2,1H3,(H,24,27). The van der Waals surface area contributed by atoms with Crippen molar-refractivity contribution >= 4 is 17.5 Å². The van der Waals surface area contributed by atoms with Crippen molar-refractivity contribution in [1.29, 1.82) is 0 Å². The second-order valence-corrected chi connectivity index (χ2v) is 7.39. The summed E-state index contributed by atoms with van der Waals surface area (Å²) >= 11 is 0. The fourth-order valence-electron chi connectivity index (χ4n) is 3.53. The molecule has 0 radical (unpaired) electrons. The molecule has 0 aromatic heterocycles. The third kappa shape index (κ3) is 5.92. The van der Waals surface area contributed by atoms with E-state index in [2.05, 4.69) is 22.3 Å². The maximum Gasteiger partial charge on any atom is 0.240 e. The Labute approximate surface area is 167 Å². The molecule has 1 saturated heterocycles. The van der Waals surface area contributed by atoms with Crippen LogP contribution in [0.3, 0.4) is 0 Å². The first-order valence-corrected chi connectivity index (χ1v) is 9.99. The molecule has 2 aromatic carbocycles. The van der Waals surface area contributed by atoms with E-state index in [4.69, 9.17) is 0 Å². The molecule has 148 valence electrons. The van der Waals surface area contributed by atoms with Crippen molar-refractivity contribution < 1.29 is 9.59 Å². The molecule has 0 spiro atoms. The number of nitrogens with one attached hydrogen (secondary N) is 1. The van der Waals surface area contributed by atoms with Crippen LogP contribution >= 0.6 is 0 Å². The van der Waals surface area contributed by atoms with E-state index in [-0.39, 0.29) is 17.9 Å². The maximum atomic E-state index is 12.5. The molecule has 0 unspecified atom stereocenters. The van der Waals surface area contributed by atoms with Gasteiger partial charge in [0, 0.05) is 38.3 Å². The summed E-state index contributed by atoms with van der Waals surface area (Å²) in [6, 6.07) is 20.0. The SMILES string of the molecule is CN(C(=O)CN1CCC(NC(=O)CCc2ccccc2)CC1)c1ccccc1. The molecule has 1 aliphatic heterocycles. The lowest BCUT2D eigenvalue weighted by Gasteiger charge is -2.32. The molecule has 28 heavy (non-hydrogen) atoms. The van der Waals surface area contributed by atoms with E-state index in [1.807, 2.05) is 55.6 Å². The molecule has 1 N–H and O–H groups in total. The number of benzene rings is 2. The molecule has 1 aliphatic rings. The van der Waals surface area contributed by atoms with Gasteiger partial charge in [-0.2, -0.15) is 0 Å². The zero-order valence-electron chi connectivity index (χ0n) is 16.5. The van der Waals surface area contributed by atoms with Gasteiger partial charge in [-0.1, -0.05) is 48.5 Å². The number of anilines is 1. The molecule has 0 bridgehead atoms. The lowest BCUT2D eigenvalue weighted by Crippen LogP contribution is -2.47. The normalized spacial score (nSPS) is 15.2. The molecular weight excluding hydrogens is 350 g/mol. The zero-order valence-corrected chi connectivity index (χ0v) is 16.5. The number of carbonyl (C=O) groups excluding carboxylic acids is 2. The molecule has 0 saturated carbocycles. The first-order valence-electron chi connectivity index (χ1n) is 9.99. The van der Waals surface area contributed by atoms with Gasteiger partial charge in [0.25, 0.3) is 0 Å². The van der Waals surface area contributed by atoms with Crippen LogP contribution in [0.5, 0.6) is 0 Å². The van der Waals surface area contributed by atoms with Gasteiger partial charge in [0.1, 0.15) is 0 Å². The molecule has 2 aromatic rings. The van der Waals surface area contributed by atoms with Crippen LogP contribution in [0.25, 0.3) is 0 Å². The van der Waals surface area contributed by atoms with Crippen molar-refractivity contribution in [2.24, 2.45) is 0 Å². The van der Waals surface area contributed by atoms with Crippen LogP contribution in [0.2, 0.25) is 0 Å². The molecule has 2 amide bonds. The number of rotatable bonds is 7. The van der Waals surface area contributed by atoms with Gasteiger partial charge in [0.05, 0.1) is 6.54 Å². The highest BCUT2D eigenvalue weighted by molar-refractivity contribution is 5.94. The number of aryl methyl sites for hydroxylation is 1. The highest BCUT2D eigenvalue weighted by Gasteiger charge is 2.23.